The van der Waals surface area contributed by atoms with Crippen molar-refractivity contribution in [1.29, 1.82) is 0 Å². The van der Waals surface area contributed by atoms with Crippen molar-refractivity contribution < 1.29 is 4.79 Å². The lowest BCUT2D eigenvalue weighted by atomic mass is 10.3. The number of nitrogens with zero attached hydrogens (tertiary/aromatic N) is 3. The number of carbonyl (C=O) groups is 1. The average molecular weight is 289 g/mol. The number of anilines is 1. The van der Waals surface area contributed by atoms with Crippen molar-refractivity contribution in [2.45, 2.75) is 20.3 Å². The molecule has 2 aromatic heterocycles. The van der Waals surface area contributed by atoms with Crippen LogP contribution in [0.25, 0.3) is 0 Å². The topological polar surface area (TPSA) is 67.8 Å². The molecule has 0 aliphatic rings. The second kappa shape index (κ2) is 5.07. The van der Waals surface area contributed by atoms with E-state index in [0.29, 0.717) is 5.13 Å². The van der Waals surface area contributed by atoms with Gasteiger partial charge < -0.3 is 0 Å². The molecule has 1 N–H and O–H groups in total. The van der Waals surface area contributed by atoms with Crippen molar-refractivity contribution >= 4 is 45.3 Å². The summed E-state index contributed by atoms with van der Waals surface area (Å²) in [6, 6.07) is 0. The summed E-state index contributed by atoms with van der Waals surface area (Å²) in [7, 11) is 0. The number of hydrogen-bond acceptors (Lipinski definition) is 6. The highest BCUT2D eigenvalue weighted by molar-refractivity contribution is 7.17. The first-order chi connectivity index (χ1) is 8.10. The molecule has 0 radical (unpaired) electrons. The average Bonchev–Trinajstić information content (AvgIpc) is 2.85. The Morgan fingerprint density at radius 3 is 2.71 bits per heavy atom. The molecule has 0 aliphatic carbocycles. The zero-order valence-electron chi connectivity index (χ0n) is 9.15. The Kier molecular flexibility index (Phi) is 3.70. The third kappa shape index (κ3) is 2.80. The highest BCUT2D eigenvalue weighted by Gasteiger charge is 2.14. The van der Waals surface area contributed by atoms with Gasteiger partial charge in [0.1, 0.15) is 0 Å². The molecule has 2 rings (SSSR count). The lowest BCUT2D eigenvalue weighted by molar-refractivity contribution is 0.102. The lowest BCUT2D eigenvalue weighted by Crippen LogP contribution is -2.11. The fourth-order valence-electron chi connectivity index (χ4n) is 1.26. The van der Waals surface area contributed by atoms with Crippen LogP contribution in [0.3, 0.4) is 0 Å². The molecule has 0 saturated carbocycles. The van der Waals surface area contributed by atoms with Gasteiger partial charge in [-0.2, -0.15) is 0 Å². The summed E-state index contributed by atoms with van der Waals surface area (Å²) in [6.45, 7) is 4.01. The van der Waals surface area contributed by atoms with Gasteiger partial charge in [0.15, 0.2) is 5.13 Å². The quantitative estimate of drug-likeness (QED) is 0.943. The zero-order valence-corrected chi connectivity index (χ0v) is 11.5. The monoisotopic (exact) mass is 288 g/mol. The molecule has 0 aliphatic heterocycles. The second-order valence-corrected chi connectivity index (χ2v) is 5.95. The molecule has 0 aromatic carbocycles. The number of rotatable bonds is 3. The van der Waals surface area contributed by atoms with Gasteiger partial charge in [-0.3, -0.25) is 10.1 Å². The summed E-state index contributed by atoms with van der Waals surface area (Å²) in [4.78, 5) is 17.2. The van der Waals surface area contributed by atoms with Gasteiger partial charge in [0.05, 0.1) is 5.69 Å². The third-order valence-electron chi connectivity index (χ3n) is 2.04. The van der Waals surface area contributed by atoms with E-state index in [1.165, 1.54) is 11.3 Å². The van der Waals surface area contributed by atoms with Crippen LogP contribution in [0.4, 0.5) is 5.13 Å². The molecule has 1 amide bonds. The highest BCUT2D eigenvalue weighted by atomic mass is 35.5. The number of nitrogens with one attached hydrogen (secondary N) is 1. The fraction of sp³-hybridized carbons (Fsp3) is 0.333. The van der Waals surface area contributed by atoms with Gasteiger partial charge in [0.25, 0.3) is 5.91 Å². The summed E-state index contributed by atoms with van der Waals surface area (Å²) in [5.41, 5.74) is 1.00. The molecule has 0 saturated heterocycles. The van der Waals surface area contributed by atoms with Gasteiger partial charge in [0.2, 0.25) is 9.47 Å². The van der Waals surface area contributed by atoms with Crippen molar-refractivity contribution in [3.63, 3.8) is 0 Å². The van der Waals surface area contributed by atoms with Crippen molar-refractivity contribution in [2.75, 3.05) is 5.32 Å². The van der Waals surface area contributed by atoms with E-state index in [-0.39, 0.29) is 15.4 Å². The van der Waals surface area contributed by atoms with Crippen molar-refractivity contribution in [3.05, 3.63) is 20.0 Å². The maximum Gasteiger partial charge on any atom is 0.288 e. The second-order valence-electron chi connectivity index (χ2n) is 3.19. The maximum atomic E-state index is 11.7. The molecule has 8 heteroatoms. The van der Waals surface area contributed by atoms with Crippen LogP contribution in [0.2, 0.25) is 4.47 Å². The van der Waals surface area contributed by atoms with Gasteiger partial charge in [-0.25, -0.2) is 4.98 Å². The van der Waals surface area contributed by atoms with E-state index in [4.69, 9.17) is 11.6 Å². The molecule has 2 heterocycles. The Bertz CT molecular complexity index is 551. The molecule has 0 spiro atoms. The molecular weight excluding hydrogens is 280 g/mol. The number of carbonyl (C=O) groups excluding carboxylic acids is 1. The van der Waals surface area contributed by atoms with Crippen molar-refractivity contribution in [2.24, 2.45) is 0 Å². The summed E-state index contributed by atoms with van der Waals surface area (Å²) >= 11 is 8.10. The number of amides is 1. The van der Waals surface area contributed by atoms with Crippen LogP contribution >= 0.6 is 34.3 Å². The first kappa shape index (κ1) is 12.4. The lowest BCUT2D eigenvalue weighted by Gasteiger charge is -1.95. The minimum Gasteiger partial charge on any atom is -0.296 e. The number of hydrogen-bond donors (Lipinski definition) is 1. The van der Waals surface area contributed by atoms with Crippen LogP contribution in [0.1, 0.15) is 27.3 Å². The normalized spacial score (nSPS) is 10.5. The van der Waals surface area contributed by atoms with Crippen LogP contribution in [0, 0.1) is 6.92 Å². The Morgan fingerprint density at radius 1 is 1.41 bits per heavy atom. The highest BCUT2D eigenvalue weighted by Crippen LogP contribution is 2.23. The first-order valence-electron chi connectivity index (χ1n) is 4.86. The van der Waals surface area contributed by atoms with Crippen LogP contribution in [-0.4, -0.2) is 21.1 Å². The largest absolute Gasteiger partial charge is 0.296 e. The SMILES string of the molecule is CCc1nc(NC(=O)c2nnc(Cl)s2)sc1C. The molecule has 5 nitrogen and oxygen atoms in total. The Hall–Kier alpha value is -1.05. The van der Waals surface area contributed by atoms with Crippen molar-refractivity contribution in [3.8, 4) is 0 Å². The van der Waals surface area contributed by atoms with E-state index in [0.717, 1.165) is 28.3 Å². The Balaban J connectivity index is 2.12. The molecular formula is C9H9ClN4OS2. The number of halogens is 1. The van der Waals surface area contributed by atoms with Gasteiger partial charge >= 0.3 is 0 Å². The Labute approximate surface area is 111 Å². The fourth-order valence-corrected chi connectivity index (χ4v) is 2.88. The summed E-state index contributed by atoms with van der Waals surface area (Å²) in [6.07, 6.45) is 0.850. The van der Waals surface area contributed by atoms with E-state index >= 15 is 0 Å². The van der Waals surface area contributed by atoms with Crippen LogP contribution < -0.4 is 5.32 Å². The number of aryl methyl sites for hydroxylation is 2. The molecule has 0 bridgehead atoms. The molecule has 2 aromatic rings. The Morgan fingerprint density at radius 2 is 2.18 bits per heavy atom. The number of thiazole rings is 1. The first-order valence-corrected chi connectivity index (χ1v) is 6.88. The van der Waals surface area contributed by atoms with E-state index in [9.17, 15) is 4.79 Å². The summed E-state index contributed by atoms with van der Waals surface area (Å²) in [5.74, 6) is -0.328. The van der Waals surface area contributed by atoms with E-state index in [2.05, 4.69) is 20.5 Å². The van der Waals surface area contributed by atoms with E-state index in [1.807, 2.05) is 13.8 Å². The van der Waals surface area contributed by atoms with Crippen molar-refractivity contribution in [1.82, 2.24) is 15.2 Å². The minimum absolute atomic E-state index is 0.237. The molecule has 0 atom stereocenters. The van der Waals surface area contributed by atoms with Crippen LogP contribution in [0.5, 0.6) is 0 Å². The molecule has 17 heavy (non-hydrogen) atoms. The maximum absolute atomic E-state index is 11.7. The summed E-state index contributed by atoms with van der Waals surface area (Å²) in [5, 5.41) is 10.7. The van der Waals surface area contributed by atoms with Crippen LogP contribution in [0.15, 0.2) is 0 Å². The van der Waals surface area contributed by atoms with E-state index in [1.54, 1.807) is 0 Å². The predicted molar refractivity (Wildman–Crippen MR) is 69.1 cm³/mol. The standard InChI is InChI=1S/C9H9ClN4OS2/c1-3-5-4(2)16-9(11-5)12-6(15)7-13-14-8(10)17-7/h3H2,1-2H3,(H,11,12,15). The smallest absolute Gasteiger partial charge is 0.288 e. The summed E-state index contributed by atoms with van der Waals surface area (Å²) < 4.78 is 0.250. The minimum atomic E-state index is -0.328. The van der Waals surface area contributed by atoms with E-state index < -0.39 is 0 Å². The van der Waals surface area contributed by atoms with Gasteiger partial charge in [-0.1, -0.05) is 18.3 Å². The molecule has 0 fully saturated rings. The third-order valence-corrected chi connectivity index (χ3v) is 3.99. The van der Waals surface area contributed by atoms with Gasteiger partial charge in [0, 0.05) is 4.88 Å². The van der Waals surface area contributed by atoms with Gasteiger partial charge in [-0.15, -0.1) is 21.5 Å². The van der Waals surface area contributed by atoms with Gasteiger partial charge in [-0.05, 0) is 24.9 Å². The number of aromatic nitrogens is 3. The van der Waals surface area contributed by atoms with Crippen LogP contribution in [-0.2, 0) is 6.42 Å². The molecule has 90 valence electrons. The predicted octanol–water partition coefficient (Wildman–Crippen LogP) is 2.77. The molecule has 0 unspecified atom stereocenters. The zero-order chi connectivity index (χ0) is 12.4.